The van der Waals surface area contributed by atoms with Crippen LogP contribution in [0.4, 0.5) is 10.1 Å². The standard InChI is InChI=1S/C17H15FN2O/c1-10-4-3-5-15(11(10)2)19-9-14-13-8-12(18)6-7-16(13)20-17(14)21/h3-9,20-21H,1-2H3. The van der Waals surface area contributed by atoms with Gasteiger partial charge in [0.1, 0.15) is 5.82 Å². The fourth-order valence-electron chi connectivity index (χ4n) is 2.31. The van der Waals surface area contributed by atoms with Crippen LogP contribution < -0.4 is 0 Å². The number of rotatable bonds is 2. The van der Waals surface area contributed by atoms with Crippen molar-refractivity contribution in [2.45, 2.75) is 13.8 Å². The molecular weight excluding hydrogens is 267 g/mol. The number of aromatic nitrogens is 1. The van der Waals surface area contributed by atoms with Crippen molar-refractivity contribution in [1.82, 2.24) is 4.98 Å². The first-order valence-electron chi connectivity index (χ1n) is 6.67. The largest absolute Gasteiger partial charge is 0.494 e. The van der Waals surface area contributed by atoms with E-state index in [1.165, 1.54) is 12.1 Å². The van der Waals surface area contributed by atoms with E-state index in [0.717, 1.165) is 16.8 Å². The number of fused-ring (bicyclic) bond motifs is 1. The maximum absolute atomic E-state index is 13.4. The Hall–Kier alpha value is -2.62. The third-order valence-corrected chi connectivity index (χ3v) is 3.69. The molecule has 1 aromatic heterocycles. The average Bonchev–Trinajstić information content (AvgIpc) is 2.76. The summed E-state index contributed by atoms with van der Waals surface area (Å²) < 4.78 is 13.4. The Bertz CT molecular complexity index is 849. The second kappa shape index (κ2) is 5.05. The molecule has 0 aliphatic rings. The van der Waals surface area contributed by atoms with Gasteiger partial charge in [-0.1, -0.05) is 12.1 Å². The van der Waals surface area contributed by atoms with Gasteiger partial charge in [0.25, 0.3) is 0 Å². The molecular formula is C17H15FN2O. The molecule has 0 fully saturated rings. The van der Waals surface area contributed by atoms with Crippen molar-refractivity contribution in [3.05, 3.63) is 58.9 Å². The summed E-state index contributed by atoms with van der Waals surface area (Å²) in [5.41, 5.74) is 4.24. The van der Waals surface area contributed by atoms with Crippen molar-refractivity contribution in [3.63, 3.8) is 0 Å². The Balaban J connectivity index is 2.09. The molecule has 3 nitrogen and oxygen atoms in total. The summed E-state index contributed by atoms with van der Waals surface area (Å²) in [5.74, 6) is -0.354. The van der Waals surface area contributed by atoms with Gasteiger partial charge in [-0.05, 0) is 49.2 Å². The minimum Gasteiger partial charge on any atom is -0.494 e. The second-order valence-electron chi connectivity index (χ2n) is 5.05. The monoisotopic (exact) mass is 282 g/mol. The Morgan fingerprint density at radius 2 is 2.00 bits per heavy atom. The molecule has 1 heterocycles. The molecule has 0 aliphatic carbocycles. The summed E-state index contributed by atoms with van der Waals surface area (Å²) in [6, 6.07) is 10.2. The van der Waals surface area contributed by atoms with Crippen molar-refractivity contribution in [3.8, 4) is 5.88 Å². The van der Waals surface area contributed by atoms with E-state index in [2.05, 4.69) is 9.98 Å². The molecule has 106 valence electrons. The topological polar surface area (TPSA) is 48.4 Å². The van der Waals surface area contributed by atoms with Gasteiger partial charge in [0, 0.05) is 17.1 Å². The van der Waals surface area contributed by atoms with Crippen molar-refractivity contribution in [2.24, 2.45) is 4.99 Å². The van der Waals surface area contributed by atoms with E-state index in [4.69, 9.17) is 0 Å². The number of benzene rings is 2. The molecule has 21 heavy (non-hydrogen) atoms. The number of aromatic amines is 1. The molecule has 3 aromatic rings. The summed E-state index contributed by atoms with van der Waals surface area (Å²) in [7, 11) is 0. The zero-order valence-electron chi connectivity index (χ0n) is 11.8. The molecule has 0 radical (unpaired) electrons. The SMILES string of the molecule is Cc1cccc(N=Cc2c(O)[nH]c3ccc(F)cc23)c1C. The number of H-pyrrole nitrogens is 1. The van der Waals surface area contributed by atoms with Crippen LogP contribution in [-0.4, -0.2) is 16.3 Å². The number of aromatic hydroxyl groups is 1. The molecule has 0 spiro atoms. The van der Waals surface area contributed by atoms with E-state index in [1.807, 2.05) is 32.0 Å². The molecule has 0 amide bonds. The van der Waals surface area contributed by atoms with E-state index >= 15 is 0 Å². The van der Waals surface area contributed by atoms with Crippen LogP contribution >= 0.6 is 0 Å². The average molecular weight is 282 g/mol. The summed E-state index contributed by atoms with van der Waals surface area (Å²) in [4.78, 5) is 7.24. The van der Waals surface area contributed by atoms with Crippen molar-refractivity contribution >= 4 is 22.8 Å². The molecule has 0 bridgehead atoms. The first kappa shape index (κ1) is 13.4. The van der Waals surface area contributed by atoms with Gasteiger partial charge in [-0.15, -0.1) is 0 Å². The van der Waals surface area contributed by atoms with Gasteiger partial charge >= 0.3 is 0 Å². The Labute approximate surface area is 121 Å². The summed E-state index contributed by atoms with van der Waals surface area (Å²) >= 11 is 0. The summed E-state index contributed by atoms with van der Waals surface area (Å²) in [6.45, 7) is 4.02. The maximum atomic E-state index is 13.4. The number of nitrogens with zero attached hydrogens (tertiary/aromatic N) is 1. The van der Waals surface area contributed by atoms with E-state index in [9.17, 15) is 9.50 Å². The van der Waals surface area contributed by atoms with Crippen LogP contribution in [0, 0.1) is 19.7 Å². The second-order valence-corrected chi connectivity index (χ2v) is 5.05. The van der Waals surface area contributed by atoms with Crippen LogP contribution in [0.2, 0.25) is 0 Å². The fourth-order valence-corrected chi connectivity index (χ4v) is 2.31. The van der Waals surface area contributed by atoms with Crippen molar-refractivity contribution in [1.29, 1.82) is 0 Å². The number of aliphatic imine (C=N–C) groups is 1. The van der Waals surface area contributed by atoms with Crippen molar-refractivity contribution in [2.75, 3.05) is 0 Å². The molecule has 0 saturated heterocycles. The van der Waals surface area contributed by atoms with Gasteiger partial charge < -0.3 is 10.1 Å². The Morgan fingerprint density at radius 1 is 1.19 bits per heavy atom. The minimum absolute atomic E-state index is 0.00958. The van der Waals surface area contributed by atoms with Gasteiger partial charge in [0.05, 0.1) is 11.3 Å². The molecule has 2 aromatic carbocycles. The molecule has 2 N–H and O–H groups in total. The van der Waals surface area contributed by atoms with Crippen LogP contribution in [-0.2, 0) is 0 Å². The van der Waals surface area contributed by atoms with Gasteiger partial charge in [0.2, 0.25) is 0 Å². The zero-order valence-corrected chi connectivity index (χ0v) is 11.8. The molecule has 0 saturated carbocycles. The predicted octanol–water partition coefficient (Wildman–Crippen LogP) is 4.38. The lowest BCUT2D eigenvalue weighted by molar-refractivity contribution is 0.457. The van der Waals surface area contributed by atoms with E-state index in [0.29, 0.717) is 16.5 Å². The van der Waals surface area contributed by atoms with Gasteiger partial charge in [-0.2, -0.15) is 0 Å². The van der Waals surface area contributed by atoms with Gasteiger partial charge in [-0.3, -0.25) is 4.99 Å². The number of hydrogen-bond acceptors (Lipinski definition) is 2. The quantitative estimate of drug-likeness (QED) is 0.673. The van der Waals surface area contributed by atoms with Crippen molar-refractivity contribution < 1.29 is 9.50 Å². The van der Waals surface area contributed by atoms with Crippen LogP contribution in [0.3, 0.4) is 0 Å². The van der Waals surface area contributed by atoms with Crippen LogP contribution in [0.5, 0.6) is 5.88 Å². The van der Waals surface area contributed by atoms with Crippen LogP contribution in [0.15, 0.2) is 41.4 Å². The van der Waals surface area contributed by atoms with Gasteiger partial charge in [-0.25, -0.2) is 4.39 Å². The summed E-state index contributed by atoms with van der Waals surface area (Å²) in [6.07, 6.45) is 1.56. The van der Waals surface area contributed by atoms with E-state index < -0.39 is 0 Å². The third kappa shape index (κ3) is 2.40. The lowest BCUT2D eigenvalue weighted by Crippen LogP contribution is -1.83. The molecule has 3 rings (SSSR count). The molecule has 0 aliphatic heterocycles. The maximum Gasteiger partial charge on any atom is 0.198 e. The number of hydrogen-bond donors (Lipinski definition) is 2. The molecule has 4 heteroatoms. The number of aryl methyl sites for hydroxylation is 1. The minimum atomic E-state index is -0.345. The highest BCUT2D eigenvalue weighted by Crippen LogP contribution is 2.28. The molecule has 0 atom stereocenters. The smallest absolute Gasteiger partial charge is 0.198 e. The third-order valence-electron chi connectivity index (χ3n) is 3.69. The summed E-state index contributed by atoms with van der Waals surface area (Å²) in [5, 5.41) is 10.6. The fraction of sp³-hybridized carbons (Fsp3) is 0.118. The number of halogens is 1. The Kier molecular flexibility index (Phi) is 3.22. The highest BCUT2D eigenvalue weighted by molar-refractivity contribution is 6.02. The molecule has 0 unspecified atom stereocenters. The normalized spacial score (nSPS) is 11.6. The van der Waals surface area contributed by atoms with Crippen LogP contribution in [0.25, 0.3) is 10.9 Å². The lowest BCUT2D eigenvalue weighted by Gasteiger charge is -2.02. The van der Waals surface area contributed by atoms with E-state index in [-0.39, 0.29) is 11.7 Å². The number of nitrogens with one attached hydrogen (secondary N) is 1. The van der Waals surface area contributed by atoms with E-state index in [1.54, 1.807) is 12.3 Å². The first-order chi connectivity index (χ1) is 10.1. The van der Waals surface area contributed by atoms with Crippen LogP contribution in [0.1, 0.15) is 16.7 Å². The Morgan fingerprint density at radius 3 is 2.81 bits per heavy atom. The predicted molar refractivity (Wildman–Crippen MR) is 83.1 cm³/mol. The highest BCUT2D eigenvalue weighted by atomic mass is 19.1. The lowest BCUT2D eigenvalue weighted by atomic mass is 10.1. The highest BCUT2D eigenvalue weighted by Gasteiger charge is 2.09. The first-order valence-corrected chi connectivity index (χ1v) is 6.67. The van der Waals surface area contributed by atoms with Gasteiger partial charge in [0.15, 0.2) is 5.88 Å². The zero-order chi connectivity index (χ0) is 15.0.